The molecule has 0 aliphatic rings. The van der Waals surface area contributed by atoms with Crippen LogP contribution < -0.4 is 11.3 Å². The first-order valence-electron chi connectivity index (χ1n) is 5.92. The third kappa shape index (κ3) is 2.62. The van der Waals surface area contributed by atoms with Crippen molar-refractivity contribution in [1.82, 2.24) is 5.43 Å². The van der Waals surface area contributed by atoms with Crippen molar-refractivity contribution in [2.45, 2.75) is 13.0 Å². The zero-order valence-electron chi connectivity index (χ0n) is 10.9. The van der Waals surface area contributed by atoms with Crippen LogP contribution in [0.3, 0.4) is 0 Å². The fraction of sp³-hybridized carbons (Fsp3) is 0.143. The lowest BCUT2D eigenvalue weighted by Gasteiger charge is -2.20. The van der Waals surface area contributed by atoms with Gasteiger partial charge in [0.1, 0.15) is 11.6 Å². The topological polar surface area (TPSA) is 38.0 Å². The molecule has 2 aromatic rings. The molecular formula is C14H11F5N2. The van der Waals surface area contributed by atoms with Gasteiger partial charge in [-0.3, -0.25) is 5.84 Å². The summed E-state index contributed by atoms with van der Waals surface area (Å²) in [5.41, 5.74) is 1.06. The first kappa shape index (κ1) is 15.4. The molecule has 1 unspecified atom stereocenters. The Morgan fingerprint density at radius 2 is 1.48 bits per heavy atom. The van der Waals surface area contributed by atoms with Crippen LogP contribution in [0.2, 0.25) is 0 Å². The number of rotatable bonds is 3. The van der Waals surface area contributed by atoms with E-state index in [4.69, 9.17) is 5.84 Å². The van der Waals surface area contributed by atoms with Gasteiger partial charge in [0.25, 0.3) is 0 Å². The van der Waals surface area contributed by atoms with Gasteiger partial charge in [-0.15, -0.1) is 0 Å². The summed E-state index contributed by atoms with van der Waals surface area (Å²) < 4.78 is 67.9. The second kappa shape index (κ2) is 5.79. The predicted molar refractivity (Wildman–Crippen MR) is 66.6 cm³/mol. The van der Waals surface area contributed by atoms with Crippen molar-refractivity contribution in [3.05, 3.63) is 70.0 Å². The predicted octanol–water partition coefficient (Wildman–Crippen LogP) is 3.24. The van der Waals surface area contributed by atoms with E-state index in [1.54, 1.807) is 0 Å². The molecule has 21 heavy (non-hydrogen) atoms. The van der Waals surface area contributed by atoms with Crippen molar-refractivity contribution in [2.24, 2.45) is 5.84 Å². The molecule has 0 aliphatic carbocycles. The van der Waals surface area contributed by atoms with E-state index in [0.717, 1.165) is 12.1 Å². The minimum atomic E-state index is -1.73. The molecule has 0 amide bonds. The highest BCUT2D eigenvalue weighted by Gasteiger charge is 2.27. The van der Waals surface area contributed by atoms with Gasteiger partial charge in [0.05, 0.1) is 6.04 Å². The van der Waals surface area contributed by atoms with E-state index in [0.29, 0.717) is 6.07 Å². The molecule has 2 nitrogen and oxygen atoms in total. The second-order valence-electron chi connectivity index (χ2n) is 4.46. The smallest absolute Gasteiger partial charge is 0.194 e. The van der Waals surface area contributed by atoms with Gasteiger partial charge in [0.2, 0.25) is 0 Å². The molecule has 2 rings (SSSR count). The molecule has 0 saturated heterocycles. The van der Waals surface area contributed by atoms with Crippen molar-refractivity contribution in [3.8, 4) is 0 Å². The van der Waals surface area contributed by atoms with Gasteiger partial charge < -0.3 is 0 Å². The molecule has 2 aromatic carbocycles. The maximum atomic E-state index is 14.1. The van der Waals surface area contributed by atoms with Gasteiger partial charge in [-0.2, -0.15) is 0 Å². The molecule has 1 atom stereocenters. The van der Waals surface area contributed by atoms with Crippen molar-refractivity contribution < 1.29 is 22.0 Å². The third-order valence-corrected chi connectivity index (χ3v) is 3.15. The van der Waals surface area contributed by atoms with E-state index >= 15 is 0 Å². The zero-order valence-corrected chi connectivity index (χ0v) is 10.9. The van der Waals surface area contributed by atoms with Crippen LogP contribution in [0.1, 0.15) is 22.7 Å². The molecule has 7 heteroatoms. The Bertz CT molecular complexity index is 688. The Labute approximate surface area is 117 Å². The Kier molecular flexibility index (Phi) is 4.24. The summed E-state index contributed by atoms with van der Waals surface area (Å²) in [4.78, 5) is 0. The van der Waals surface area contributed by atoms with Gasteiger partial charge in [0, 0.05) is 11.1 Å². The number of benzene rings is 2. The van der Waals surface area contributed by atoms with Gasteiger partial charge in [-0.25, -0.2) is 27.4 Å². The van der Waals surface area contributed by atoms with E-state index in [1.165, 1.54) is 13.0 Å². The van der Waals surface area contributed by atoms with Crippen LogP contribution in [0.4, 0.5) is 22.0 Å². The first-order valence-corrected chi connectivity index (χ1v) is 5.92. The Hall–Kier alpha value is -1.99. The molecule has 0 saturated carbocycles. The number of hydrazine groups is 1. The van der Waals surface area contributed by atoms with Crippen LogP contribution in [0.15, 0.2) is 24.3 Å². The summed E-state index contributed by atoms with van der Waals surface area (Å²) in [6.07, 6.45) is 0. The quantitative estimate of drug-likeness (QED) is 0.395. The Morgan fingerprint density at radius 3 is 2.10 bits per heavy atom. The van der Waals surface area contributed by atoms with Gasteiger partial charge in [-0.05, 0) is 24.6 Å². The van der Waals surface area contributed by atoms with Crippen molar-refractivity contribution in [1.29, 1.82) is 0 Å². The Morgan fingerprint density at radius 1 is 0.857 bits per heavy atom. The highest BCUT2D eigenvalue weighted by atomic mass is 19.2. The molecule has 0 heterocycles. The molecule has 0 aliphatic heterocycles. The first-order chi connectivity index (χ1) is 9.88. The summed E-state index contributed by atoms with van der Waals surface area (Å²) in [6.45, 7) is 1.38. The highest BCUT2D eigenvalue weighted by Crippen LogP contribution is 2.30. The Balaban J connectivity index is 2.66. The van der Waals surface area contributed by atoms with Crippen LogP contribution in [0.25, 0.3) is 0 Å². The number of hydrogen-bond acceptors (Lipinski definition) is 2. The largest absolute Gasteiger partial charge is 0.271 e. The van der Waals surface area contributed by atoms with Crippen molar-refractivity contribution >= 4 is 0 Å². The minimum absolute atomic E-state index is 0.106. The fourth-order valence-corrected chi connectivity index (χ4v) is 2.04. The summed E-state index contributed by atoms with van der Waals surface area (Å²) in [6, 6.07) is 2.21. The average Bonchev–Trinajstić information content (AvgIpc) is 2.46. The molecule has 0 fully saturated rings. The van der Waals surface area contributed by atoms with Gasteiger partial charge >= 0.3 is 0 Å². The molecule has 0 bridgehead atoms. The third-order valence-electron chi connectivity index (χ3n) is 3.15. The number of hydrogen-bond donors (Lipinski definition) is 2. The summed E-state index contributed by atoms with van der Waals surface area (Å²) in [5, 5.41) is 0. The van der Waals surface area contributed by atoms with Gasteiger partial charge in [-0.1, -0.05) is 12.1 Å². The zero-order chi connectivity index (χ0) is 15.7. The lowest BCUT2D eigenvalue weighted by Crippen LogP contribution is -2.31. The normalized spacial score (nSPS) is 12.5. The number of nitrogens with two attached hydrogens (primary N) is 1. The SMILES string of the molecule is Cc1ccc(F)c(C(NN)c2ccc(F)c(F)c2F)c1F. The van der Waals surface area contributed by atoms with Crippen LogP contribution in [0.5, 0.6) is 0 Å². The van der Waals surface area contributed by atoms with E-state index < -0.39 is 46.3 Å². The number of halogens is 5. The number of aryl methyl sites for hydroxylation is 1. The number of nitrogens with one attached hydrogen (secondary N) is 1. The summed E-state index contributed by atoms with van der Waals surface area (Å²) in [5.74, 6) is -1.41. The average molecular weight is 302 g/mol. The summed E-state index contributed by atoms with van der Waals surface area (Å²) in [7, 11) is 0. The standard InChI is InChI=1S/C14H11F5N2/c1-6-2-4-8(15)10(11(6)17)14(21-20)7-3-5-9(16)13(19)12(7)18/h2-5,14,21H,20H2,1H3. The van der Waals surface area contributed by atoms with E-state index in [1.807, 2.05) is 5.43 Å². The summed E-state index contributed by atoms with van der Waals surface area (Å²) >= 11 is 0. The minimum Gasteiger partial charge on any atom is -0.271 e. The second-order valence-corrected chi connectivity index (χ2v) is 4.46. The molecule has 112 valence electrons. The molecule has 3 N–H and O–H groups in total. The van der Waals surface area contributed by atoms with E-state index in [-0.39, 0.29) is 5.56 Å². The van der Waals surface area contributed by atoms with E-state index in [2.05, 4.69) is 0 Å². The molecular weight excluding hydrogens is 291 g/mol. The fourth-order valence-electron chi connectivity index (χ4n) is 2.04. The van der Waals surface area contributed by atoms with Crippen LogP contribution in [0, 0.1) is 36.0 Å². The monoisotopic (exact) mass is 302 g/mol. The molecule has 0 aromatic heterocycles. The van der Waals surface area contributed by atoms with Crippen molar-refractivity contribution in [3.63, 3.8) is 0 Å². The van der Waals surface area contributed by atoms with E-state index in [9.17, 15) is 22.0 Å². The van der Waals surface area contributed by atoms with Crippen molar-refractivity contribution in [2.75, 3.05) is 0 Å². The van der Waals surface area contributed by atoms with Crippen LogP contribution in [-0.2, 0) is 0 Å². The highest BCUT2D eigenvalue weighted by molar-refractivity contribution is 5.37. The maximum Gasteiger partial charge on any atom is 0.194 e. The molecule has 0 spiro atoms. The van der Waals surface area contributed by atoms with Crippen LogP contribution >= 0.6 is 0 Å². The van der Waals surface area contributed by atoms with Gasteiger partial charge in [0.15, 0.2) is 17.5 Å². The molecule has 0 radical (unpaired) electrons. The maximum absolute atomic E-state index is 14.1. The lowest BCUT2D eigenvalue weighted by molar-refractivity contribution is 0.427. The van der Waals surface area contributed by atoms with Crippen LogP contribution in [-0.4, -0.2) is 0 Å². The lowest BCUT2D eigenvalue weighted by atomic mass is 9.96.